The fourth-order valence-electron chi connectivity index (χ4n) is 2.76. The van der Waals surface area contributed by atoms with E-state index in [4.69, 9.17) is 6.42 Å². The fourth-order valence-corrected chi connectivity index (χ4v) is 2.76. The number of alkyl halides is 3. The third-order valence-corrected chi connectivity index (χ3v) is 4.10. The van der Waals surface area contributed by atoms with Crippen molar-refractivity contribution >= 4 is 5.91 Å². The van der Waals surface area contributed by atoms with Gasteiger partial charge in [0.05, 0.1) is 12.1 Å². The Morgan fingerprint density at radius 1 is 1.15 bits per heavy atom. The summed E-state index contributed by atoms with van der Waals surface area (Å²) in [6, 6.07) is 10.6. The summed E-state index contributed by atoms with van der Waals surface area (Å²) in [6.45, 7) is 1.91. The monoisotopic (exact) mass is 377 g/mol. The van der Waals surface area contributed by atoms with Gasteiger partial charge in [-0.1, -0.05) is 43.2 Å². The van der Waals surface area contributed by atoms with Crippen molar-refractivity contribution in [2.45, 2.75) is 26.1 Å². The van der Waals surface area contributed by atoms with Gasteiger partial charge in [0.15, 0.2) is 0 Å². The molecule has 0 N–H and O–H groups in total. The van der Waals surface area contributed by atoms with E-state index in [-0.39, 0.29) is 31.2 Å². The second-order valence-corrected chi connectivity index (χ2v) is 6.33. The van der Waals surface area contributed by atoms with Crippen molar-refractivity contribution in [2.75, 3.05) is 6.54 Å². The molecule has 1 amide bonds. The van der Waals surface area contributed by atoms with Crippen LogP contribution < -0.4 is 0 Å². The van der Waals surface area contributed by atoms with Crippen LogP contribution in [-0.2, 0) is 23.9 Å². The number of hydrogen-bond acceptors (Lipinski definition) is 1. The molecule has 1 unspecified atom stereocenters. The molecule has 0 saturated heterocycles. The minimum Gasteiger partial charge on any atom is -0.327 e. The van der Waals surface area contributed by atoms with E-state index < -0.39 is 17.7 Å². The van der Waals surface area contributed by atoms with Crippen molar-refractivity contribution in [3.8, 4) is 12.3 Å². The maximum atomic E-state index is 13.0. The van der Waals surface area contributed by atoms with Gasteiger partial charge in [-0.15, -0.1) is 6.42 Å². The Balaban J connectivity index is 2.11. The third-order valence-electron chi connectivity index (χ3n) is 4.10. The first-order valence-electron chi connectivity index (χ1n) is 8.33. The van der Waals surface area contributed by atoms with Crippen molar-refractivity contribution in [2.24, 2.45) is 5.92 Å². The zero-order chi connectivity index (χ0) is 20.0. The number of terminal acetylenes is 1. The number of amides is 1. The number of benzene rings is 2. The van der Waals surface area contributed by atoms with Gasteiger partial charge in [-0.3, -0.25) is 4.79 Å². The lowest BCUT2D eigenvalue weighted by Gasteiger charge is -2.24. The van der Waals surface area contributed by atoms with Gasteiger partial charge < -0.3 is 4.90 Å². The molecule has 27 heavy (non-hydrogen) atoms. The summed E-state index contributed by atoms with van der Waals surface area (Å²) in [7, 11) is 0. The lowest BCUT2D eigenvalue weighted by Crippen LogP contribution is -2.35. The SMILES string of the molecule is C#CCN(Cc1ccc(F)cc1)C(=O)C(C)Cc1cccc(C(F)(F)F)c1. The summed E-state index contributed by atoms with van der Waals surface area (Å²) in [5, 5.41) is 0. The molecule has 6 heteroatoms. The van der Waals surface area contributed by atoms with Gasteiger partial charge >= 0.3 is 6.18 Å². The van der Waals surface area contributed by atoms with Crippen molar-refractivity contribution in [1.82, 2.24) is 4.90 Å². The van der Waals surface area contributed by atoms with E-state index in [2.05, 4.69) is 5.92 Å². The van der Waals surface area contributed by atoms with E-state index in [0.29, 0.717) is 11.1 Å². The summed E-state index contributed by atoms with van der Waals surface area (Å²) < 4.78 is 51.5. The smallest absolute Gasteiger partial charge is 0.327 e. The Kier molecular flexibility index (Phi) is 6.62. The molecule has 142 valence electrons. The highest BCUT2D eigenvalue weighted by Gasteiger charge is 2.30. The Morgan fingerprint density at radius 2 is 1.81 bits per heavy atom. The minimum atomic E-state index is -4.43. The lowest BCUT2D eigenvalue weighted by molar-refractivity contribution is -0.137. The maximum absolute atomic E-state index is 13.0. The molecule has 0 bridgehead atoms. The predicted octanol–water partition coefficient (Wildman–Crippen LogP) is 4.69. The standard InChI is InChI=1S/C21H19F4NO/c1-3-11-26(14-16-7-9-19(22)10-8-16)20(27)15(2)12-17-5-4-6-18(13-17)21(23,24)25/h1,4-10,13,15H,11-12,14H2,2H3. The van der Waals surface area contributed by atoms with Crippen molar-refractivity contribution in [3.05, 3.63) is 71.0 Å². The van der Waals surface area contributed by atoms with Crippen LogP contribution in [0.25, 0.3) is 0 Å². The number of halogens is 4. The van der Waals surface area contributed by atoms with Gasteiger partial charge in [0, 0.05) is 12.5 Å². The van der Waals surface area contributed by atoms with Gasteiger partial charge in [0.2, 0.25) is 5.91 Å². The minimum absolute atomic E-state index is 0.0587. The van der Waals surface area contributed by atoms with Gasteiger partial charge in [-0.25, -0.2) is 4.39 Å². The van der Waals surface area contributed by atoms with E-state index in [1.54, 1.807) is 25.1 Å². The molecule has 0 aliphatic heterocycles. The van der Waals surface area contributed by atoms with Crippen molar-refractivity contribution < 1.29 is 22.4 Å². The van der Waals surface area contributed by atoms with E-state index in [9.17, 15) is 22.4 Å². The van der Waals surface area contributed by atoms with Crippen LogP contribution in [0.3, 0.4) is 0 Å². The van der Waals surface area contributed by atoms with E-state index in [1.807, 2.05) is 0 Å². The summed E-state index contributed by atoms with van der Waals surface area (Å²) >= 11 is 0. The topological polar surface area (TPSA) is 20.3 Å². The highest BCUT2D eigenvalue weighted by molar-refractivity contribution is 5.79. The first kappa shape index (κ1) is 20.5. The zero-order valence-electron chi connectivity index (χ0n) is 14.8. The number of nitrogens with zero attached hydrogens (tertiary/aromatic N) is 1. The molecule has 0 spiro atoms. The average molecular weight is 377 g/mol. The molecular weight excluding hydrogens is 358 g/mol. The summed E-state index contributed by atoms with van der Waals surface area (Å²) in [5.41, 5.74) is 0.394. The number of carbonyl (C=O) groups excluding carboxylic acids is 1. The molecule has 0 heterocycles. The molecule has 0 saturated carbocycles. The van der Waals surface area contributed by atoms with Crippen LogP contribution in [0.15, 0.2) is 48.5 Å². The summed E-state index contributed by atoms with van der Waals surface area (Å²) in [4.78, 5) is 14.2. The summed E-state index contributed by atoms with van der Waals surface area (Å²) in [6.07, 6.45) is 1.07. The van der Waals surface area contributed by atoms with Gasteiger partial charge in [0.25, 0.3) is 0 Å². The Labute approximate surface area is 155 Å². The Hall–Kier alpha value is -2.81. The molecule has 2 nitrogen and oxygen atoms in total. The van der Waals surface area contributed by atoms with E-state index in [0.717, 1.165) is 12.1 Å². The molecular formula is C21H19F4NO. The molecule has 2 aromatic carbocycles. The van der Waals surface area contributed by atoms with Crippen LogP contribution in [0.5, 0.6) is 0 Å². The quantitative estimate of drug-likeness (QED) is 0.529. The molecule has 2 aromatic rings. The third kappa shape index (κ3) is 5.85. The molecule has 2 rings (SSSR count). The lowest BCUT2D eigenvalue weighted by atomic mass is 9.98. The van der Waals surface area contributed by atoms with Crippen LogP contribution >= 0.6 is 0 Å². The number of hydrogen-bond donors (Lipinski definition) is 0. The molecule has 0 radical (unpaired) electrons. The zero-order valence-corrected chi connectivity index (χ0v) is 14.8. The number of rotatable bonds is 6. The van der Waals surface area contributed by atoms with E-state index in [1.165, 1.54) is 23.1 Å². The van der Waals surface area contributed by atoms with Crippen LogP contribution in [0.1, 0.15) is 23.6 Å². The largest absolute Gasteiger partial charge is 0.416 e. The van der Waals surface area contributed by atoms with Crippen LogP contribution in [0.4, 0.5) is 17.6 Å². The van der Waals surface area contributed by atoms with Gasteiger partial charge in [0.1, 0.15) is 5.82 Å². The molecule has 0 aliphatic rings. The fraction of sp³-hybridized carbons (Fsp3) is 0.286. The highest BCUT2D eigenvalue weighted by atomic mass is 19.4. The molecule has 1 atom stereocenters. The molecule has 0 fully saturated rings. The van der Waals surface area contributed by atoms with Crippen LogP contribution in [0.2, 0.25) is 0 Å². The highest BCUT2D eigenvalue weighted by Crippen LogP contribution is 2.30. The second kappa shape index (κ2) is 8.72. The second-order valence-electron chi connectivity index (χ2n) is 6.33. The van der Waals surface area contributed by atoms with Crippen molar-refractivity contribution in [1.29, 1.82) is 0 Å². The van der Waals surface area contributed by atoms with Crippen molar-refractivity contribution in [3.63, 3.8) is 0 Å². The molecule has 0 aliphatic carbocycles. The number of carbonyl (C=O) groups is 1. The van der Waals surface area contributed by atoms with E-state index >= 15 is 0 Å². The average Bonchev–Trinajstić information content (AvgIpc) is 2.62. The van der Waals surface area contributed by atoms with Crippen LogP contribution in [-0.4, -0.2) is 17.4 Å². The Morgan fingerprint density at radius 3 is 2.41 bits per heavy atom. The van der Waals surface area contributed by atoms with Gasteiger partial charge in [-0.05, 0) is 35.7 Å². The summed E-state index contributed by atoms with van der Waals surface area (Å²) in [5.74, 6) is 1.21. The Bertz CT molecular complexity index is 821. The predicted molar refractivity (Wildman–Crippen MR) is 95.0 cm³/mol. The van der Waals surface area contributed by atoms with Crippen LogP contribution in [0, 0.1) is 24.1 Å². The maximum Gasteiger partial charge on any atom is 0.416 e. The normalized spacial score (nSPS) is 12.3. The first-order valence-corrected chi connectivity index (χ1v) is 8.33. The first-order chi connectivity index (χ1) is 12.7. The molecule has 0 aromatic heterocycles. The van der Waals surface area contributed by atoms with Gasteiger partial charge in [-0.2, -0.15) is 13.2 Å².